The van der Waals surface area contributed by atoms with E-state index in [1.165, 1.54) is 11.3 Å². The Morgan fingerprint density at radius 3 is 2.44 bits per heavy atom. The van der Waals surface area contributed by atoms with Crippen LogP contribution < -0.4 is 20.2 Å². The van der Waals surface area contributed by atoms with E-state index in [4.69, 9.17) is 4.42 Å². The van der Waals surface area contributed by atoms with Crippen LogP contribution in [-0.4, -0.2) is 10.5 Å². The number of carbonyl (C=O) groups excluding carboxylic acids is 1. The second-order valence-corrected chi connectivity index (χ2v) is 9.27. The van der Waals surface area contributed by atoms with Gasteiger partial charge in [0.1, 0.15) is 11.5 Å². The number of furan rings is 1. The van der Waals surface area contributed by atoms with Gasteiger partial charge in [0, 0.05) is 11.8 Å². The lowest BCUT2D eigenvalue weighted by Gasteiger charge is -2.25. The van der Waals surface area contributed by atoms with E-state index in [9.17, 15) is 9.59 Å². The van der Waals surface area contributed by atoms with Gasteiger partial charge in [0.15, 0.2) is 4.80 Å². The van der Waals surface area contributed by atoms with Crippen LogP contribution in [0.3, 0.4) is 0 Å². The van der Waals surface area contributed by atoms with Gasteiger partial charge in [0.2, 0.25) is 0 Å². The summed E-state index contributed by atoms with van der Waals surface area (Å²) in [6.07, 6.45) is 1.73. The molecule has 0 aliphatic carbocycles. The molecule has 1 N–H and O–H groups in total. The number of hydrogen-bond donors (Lipinski definition) is 1. The molecule has 1 aliphatic heterocycles. The molecule has 5 rings (SSSR count). The number of amides is 1. The summed E-state index contributed by atoms with van der Waals surface area (Å²) >= 11 is 1.29. The van der Waals surface area contributed by atoms with Gasteiger partial charge in [0.05, 0.1) is 21.8 Å². The normalized spacial score (nSPS) is 15.7. The average molecular weight is 470 g/mol. The van der Waals surface area contributed by atoms with E-state index in [1.807, 2.05) is 87.5 Å². The molecule has 1 amide bonds. The molecule has 7 heteroatoms. The molecule has 1 aliphatic rings. The van der Waals surface area contributed by atoms with Crippen LogP contribution in [0.25, 0.3) is 6.08 Å². The van der Waals surface area contributed by atoms with Crippen molar-refractivity contribution < 1.29 is 9.21 Å². The van der Waals surface area contributed by atoms with E-state index in [0.717, 1.165) is 16.9 Å². The quantitative estimate of drug-likeness (QED) is 0.489. The largest absolute Gasteiger partial charge is 0.462 e. The first-order chi connectivity index (χ1) is 16.4. The number of para-hydroxylation sites is 1. The molecule has 0 bridgehead atoms. The molecule has 1 atom stereocenters. The lowest BCUT2D eigenvalue weighted by Crippen LogP contribution is -2.40. The predicted octanol–water partition coefficient (Wildman–Crippen LogP) is 4.08. The SMILES string of the molecule is CC1=C(C(=O)Nc2ccccc2)[C@@H](c2ccc(C)cc2)n2c(s/c(=C\c3ccc(C)o3)c2=O)=N1. The Kier molecular flexibility index (Phi) is 5.63. The highest BCUT2D eigenvalue weighted by atomic mass is 32.1. The summed E-state index contributed by atoms with van der Waals surface area (Å²) in [5, 5.41) is 2.96. The Morgan fingerprint density at radius 2 is 1.76 bits per heavy atom. The highest BCUT2D eigenvalue weighted by Gasteiger charge is 2.32. The molecule has 0 saturated heterocycles. The van der Waals surface area contributed by atoms with Gasteiger partial charge in [-0.15, -0.1) is 0 Å². The van der Waals surface area contributed by atoms with Gasteiger partial charge in [-0.2, -0.15) is 0 Å². The summed E-state index contributed by atoms with van der Waals surface area (Å²) in [5.74, 6) is 1.09. The number of aromatic nitrogens is 1. The summed E-state index contributed by atoms with van der Waals surface area (Å²) in [6.45, 7) is 5.68. The van der Waals surface area contributed by atoms with E-state index < -0.39 is 6.04 Å². The van der Waals surface area contributed by atoms with Gasteiger partial charge in [-0.25, -0.2) is 4.99 Å². The molecule has 0 saturated carbocycles. The lowest BCUT2D eigenvalue weighted by molar-refractivity contribution is -0.113. The number of nitrogens with zero attached hydrogens (tertiary/aromatic N) is 2. The Labute approximate surface area is 200 Å². The van der Waals surface area contributed by atoms with Gasteiger partial charge in [-0.1, -0.05) is 59.4 Å². The molecule has 6 nitrogen and oxygen atoms in total. The zero-order chi connectivity index (χ0) is 23.8. The molecular formula is C27H23N3O3S. The first-order valence-electron chi connectivity index (χ1n) is 10.9. The third-order valence-corrected chi connectivity index (χ3v) is 6.71. The minimum Gasteiger partial charge on any atom is -0.462 e. The van der Waals surface area contributed by atoms with Gasteiger partial charge >= 0.3 is 0 Å². The van der Waals surface area contributed by atoms with Crippen LogP contribution in [0, 0.1) is 13.8 Å². The van der Waals surface area contributed by atoms with Gasteiger partial charge in [-0.05, 0) is 50.6 Å². The third kappa shape index (κ3) is 4.06. The van der Waals surface area contributed by atoms with E-state index >= 15 is 0 Å². The van der Waals surface area contributed by atoms with Crippen molar-refractivity contribution in [3.63, 3.8) is 0 Å². The molecular weight excluding hydrogens is 446 g/mol. The van der Waals surface area contributed by atoms with Crippen LogP contribution in [0.1, 0.15) is 35.6 Å². The third-order valence-electron chi connectivity index (χ3n) is 5.73. The van der Waals surface area contributed by atoms with Crippen LogP contribution in [0.15, 0.2) is 92.2 Å². The van der Waals surface area contributed by atoms with Crippen molar-refractivity contribution in [1.29, 1.82) is 0 Å². The van der Waals surface area contributed by atoms with Crippen molar-refractivity contribution in [3.8, 4) is 0 Å². The second-order valence-electron chi connectivity index (χ2n) is 8.26. The summed E-state index contributed by atoms with van der Waals surface area (Å²) in [5.41, 5.74) is 3.45. The van der Waals surface area contributed by atoms with Crippen molar-refractivity contribution >= 4 is 29.0 Å². The molecule has 34 heavy (non-hydrogen) atoms. The zero-order valence-electron chi connectivity index (χ0n) is 19.0. The van der Waals surface area contributed by atoms with Crippen molar-refractivity contribution in [2.75, 3.05) is 5.32 Å². The topological polar surface area (TPSA) is 76.6 Å². The highest BCUT2D eigenvalue weighted by molar-refractivity contribution is 7.07. The maximum atomic E-state index is 13.6. The van der Waals surface area contributed by atoms with Gasteiger partial charge in [0.25, 0.3) is 11.5 Å². The molecule has 3 heterocycles. The number of allylic oxidation sites excluding steroid dienone is 1. The number of rotatable bonds is 4. The summed E-state index contributed by atoms with van der Waals surface area (Å²) in [4.78, 5) is 32.3. The molecule has 4 aromatic rings. The monoisotopic (exact) mass is 469 g/mol. The maximum Gasteiger partial charge on any atom is 0.271 e. The fraction of sp³-hybridized carbons (Fsp3) is 0.148. The van der Waals surface area contributed by atoms with Crippen molar-refractivity contribution in [1.82, 2.24) is 4.57 Å². The van der Waals surface area contributed by atoms with E-state index in [1.54, 1.807) is 10.6 Å². The summed E-state index contributed by atoms with van der Waals surface area (Å²) in [7, 11) is 0. The van der Waals surface area contributed by atoms with E-state index in [-0.39, 0.29) is 11.5 Å². The van der Waals surface area contributed by atoms with Crippen LogP contribution in [0.2, 0.25) is 0 Å². The first kappa shape index (κ1) is 21.9. The molecule has 2 aromatic heterocycles. The van der Waals surface area contributed by atoms with Crippen molar-refractivity contribution in [3.05, 3.63) is 120 Å². The number of fused-ring (bicyclic) bond motifs is 1. The van der Waals surface area contributed by atoms with Crippen molar-refractivity contribution in [2.24, 2.45) is 4.99 Å². The van der Waals surface area contributed by atoms with Crippen LogP contribution >= 0.6 is 11.3 Å². The van der Waals surface area contributed by atoms with Crippen molar-refractivity contribution in [2.45, 2.75) is 26.8 Å². The van der Waals surface area contributed by atoms with E-state index in [0.29, 0.717) is 32.1 Å². The second kappa shape index (κ2) is 8.76. The number of benzene rings is 2. The predicted molar refractivity (Wildman–Crippen MR) is 133 cm³/mol. The number of thiazole rings is 1. The molecule has 2 aromatic carbocycles. The van der Waals surface area contributed by atoms with Gasteiger partial charge < -0.3 is 9.73 Å². The first-order valence-corrected chi connectivity index (χ1v) is 11.7. The number of aryl methyl sites for hydroxylation is 2. The Balaban J connectivity index is 1.68. The zero-order valence-corrected chi connectivity index (χ0v) is 19.8. The van der Waals surface area contributed by atoms with Gasteiger partial charge in [-0.3, -0.25) is 14.2 Å². The average Bonchev–Trinajstić information content (AvgIpc) is 3.36. The number of carbonyl (C=O) groups is 1. The summed E-state index contributed by atoms with van der Waals surface area (Å²) < 4.78 is 7.76. The van der Waals surface area contributed by atoms with Crippen LogP contribution in [-0.2, 0) is 4.79 Å². The highest BCUT2D eigenvalue weighted by Crippen LogP contribution is 2.31. The molecule has 170 valence electrons. The molecule has 0 fully saturated rings. The number of hydrogen-bond acceptors (Lipinski definition) is 5. The smallest absolute Gasteiger partial charge is 0.271 e. The lowest BCUT2D eigenvalue weighted by atomic mass is 9.94. The molecule has 0 spiro atoms. The fourth-order valence-corrected chi connectivity index (χ4v) is 5.08. The number of anilines is 1. The van der Waals surface area contributed by atoms with E-state index in [2.05, 4.69) is 10.3 Å². The Hall–Kier alpha value is -3.97. The molecule has 0 radical (unpaired) electrons. The fourth-order valence-electron chi connectivity index (χ4n) is 4.06. The molecule has 0 unspecified atom stereocenters. The number of nitrogens with one attached hydrogen (secondary N) is 1. The van der Waals surface area contributed by atoms with Crippen LogP contribution in [0.5, 0.6) is 0 Å². The Morgan fingerprint density at radius 1 is 1.03 bits per heavy atom. The minimum atomic E-state index is -0.596. The van der Waals surface area contributed by atoms with Crippen LogP contribution in [0.4, 0.5) is 5.69 Å². The maximum absolute atomic E-state index is 13.6. The minimum absolute atomic E-state index is 0.208. The Bertz CT molecular complexity index is 1590. The summed E-state index contributed by atoms with van der Waals surface area (Å²) in [6, 6.07) is 20.2. The standard InChI is InChI=1S/C27H23N3O3S/c1-16-9-12-19(13-10-16)24-23(25(31)29-20-7-5-4-6-8-20)18(3)28-27-30(24)26(32)22(34-27)15-21-14-11-17(2)33-21/h4-15,24H,1-3H3,(H,29,31)/b22-15-/t24-/m1/s1.